The Kier molecular flexibility index (Phi) is 2.77. The summed E-state index contributed by atoms with van der Waals surface area (Å²) in [5.74, 6) is -0.0695. The molecule has 80 valence electrons. The van der Waals surface area contributed by atoms with E-state index in [2.05, 4.69) is 0 Å². The van der Waals surface area contributed by atoms with E-state index in [0.29, 0.717) is 25.6 Å². The quantitative estimate of drug-likeness (QED) is 0.755. The summed E-state index contributed by atoms with van der Waals surface area (Å²) in [5.41, 5.74) is -0.00769. The Balaban J connectivity index is 1.99. The molecule has 14 heavy (non-hydrogen) atoms. The molecule has 3 nitrogen and oxygen atoms in total. The lowest BCUT2D eigenvalue weighted by Gasteiger charge is -2.47. The second kappa shape index (κ2) is 3.89. The number of carbonyl (C=O) groups is 1. The number of rotatable bonds is 3. The fraction of sp³-hybridized carbons (Fsp3) is 0.909. The highest BCUT2D eigenvalue weighted by atomic mass is 16.5. The fourth-order valence-corrected chi connectivity index (χ4v) is 2.86. The van der Waals surface area contributed by atoms with Crippen molar-refractivity contribution in [2.45, 2.75) is 38.5 Å². The van der Waals surface area contributed by atoms with Crippen molar-refractivity contribution in [2.24, 2.45) is 11.3 Å². The van der Waals surface area contributed by atoms with E-state index in [1.165, 1.54) is 32.1 Å². The van der Waals surface area contributed by atoms with Crippen molar-refractivity contribution >= 4 is 5.97 Å². The van der Waals surface area contributed by atoms with Gasteiger partial charge >= 0.3 is 5.97 Å². The first-order valence-corrected chi connectivity index (χ1v) is 5.52. The molecule has 2 fully saturated rings. The van der Waals surface area contributed by atoms with Gasteiger partial charge in [0.25, 0.3) is 0 Å². The van der Waals surface area contributed by atoms with Crippen LogP contribution in [0.2, 0.25) is 0 Å². The van der Waals surface area contributed by atoms with Crippen LogP contribution in [0.3, 0.4) is 0 Å². The minimum atomic E-state index is -0.668. The second-order valence-corrected chi connectivity index (χ2v) is 4.76. The summed E-state index contributed by atoms with van der Waals surface area (Å²) in [4.78, 5) is 10.8. The Morgan fingerprint density at radius 3 is 2.36 bits per heavy atom. The minimum absolute atomic E-state index is 0.00769. The van der Waals surface area contributed by atoms with E-state index < -0.39 is 5.97 Å². The third kappa shape index (κ3) is 1.78. The minimum Gasteiger partial charge on any atom is -0.481 e. The van der Waals surface area contributed by atoms with Crippen molar-refractivity contribution in [3.8, 4) is 0 Å². The van der Waals surface area contributed by atoms with Gasteiger partial charge in [0.05, 0.1) is 19.6 Å². The third-order valence-electron chi connectivity index (χ3n) is 3.75. The van der Waals surface area contributed by atoms with E-state index in [9.17, 15) is 4.79 Å². The van der Waals surface area contributed by atoms with Gasteiger partial charge in [0.1, 0.15) is 0 Å². The van der Waals surface area contributed by atoms with E-state index in [-0.39, 0.29) is 5.41 Å². The van der Waals surface area contributed by atoms with Crippen LogP contribution in [0.1, 0.15) is 38.5 Å². The van der Waals surface area contributed by atoms with E-state index in [1.807, 2.05) is 0 Å². The van der Waals surface area contributed by atoms with Gasteiger partial charge in [-0.2, -0.15) is 0 Å². The van der Waals surface area contributed by atoms with Gasteiger partial charge in [-0.15, -0.1) is 0 Å². The molecule has 1 N–H and O–H groups in total. The molecule has 0 spiro atoms. The zero-order valence-electron chi connectivity index (χ0n) is 8.50. The van der Waals surface area contributed by atoms with E-state index in [0.717, 1.165) is 0 Å². The molecule has 0 bridgehead atoms. The van der Waals surface area contributed by atoms with Crippen LogP contribution in [0.5, 0.6) is 0 Å². The van der Waals surface area contributed by atoms with Gasteiger partial charge in [0, 0.05) is 5.41 Å². The standard InChI is InChI=1S/C11H18O3/c12-10(13)6-11(7-14-8-11)9-4-2-1-3-5-9/h9H,1-8H2,(H,12,13). The van der Waals surface area contributed by atoms with Crippen LogP contribution in [0, 0.1) is 11.3 Å². The van der Waals surface area contributed by atoms with Gasteiger partial charge in [-0.3, -0.25) is 4.79 Å². The number of hydrogen-bond acceptors (Lipinski definition) is 2. The molecule has 0 aromatic carbocycles. The van der Waals surface area contributed by atoms with Gasteiger partial charge < -0.3 is 9.84 Å². The molecule has 3 heteroatoms. The van der Waals surface area contributed by atoms with Gasteiger partial charge in [0.2, 0.25) is 0 Å². The monoisotopic (exact) mass is 198 g/mol. The van der Waals surface area contributed by atoms with Crippen molar-refractivity contribution in [1.82, 2.24) is 0 Å². The van der Waals surface area contributed by atoms with Crippen molar-refractivity contribution in [1.29, 1.82) is 0 Å². The van der Waals surface area contributed by atoms with Crippen LogP contribution in [0.4, 0.5) is 0 Å². The smallest absolute Gasteiger partial charge is 0.304 e. The lowest BCUT2D eigenvalue weighted by atomic mass is 9.65. The maximum atomic E-state index is 10.8. The molecule has 0 unspecified atom stereocenters. The molecule has 0 aromatic heterocycles. The first-order chi connectivity index (χ1) is 6.73. The molecule has 1 aliphatic heterocycles. The Morgan fingerprint density at radius 1 is 1.29 bits per heavy atom. The van der Waals surface area contributed by atoms with E-state index in [4.69, 9.17) is 9.84 Å². The maximum Gasteiger partial charge on any atom is 0.304 e. The average molecular weight is 198 g/mol. The van der Waals surface area contributed by atoms with Crippen LogP contribution < -0.4 is 0 Å². The fourth-order valence-electron chi connectivity index (χ4n) is 2.86. The Bertz CT molecular complexity index is 215. The zero-order chi connectivity index (χ0) is 10.0. The molecule has 2 aliphatic rings. The second-order valence-electron chi connectivity index (χ2n) is 4.76. The predicted molar refractivity (Wildman–Crippen MR) is 52.1 cm³/mol. The van der Waals surface area contributed by atoms with Gasteiger partial charge in [-0.25, -0.2) is 0 Å². The normalized spacial score (nSPS) is 26.9. The summed E-state index contributed by atoms with van der Waals surface area (Å²) in [7, 11) is 0. The molecule has 2 rings (SSSR count). The molecular weight excluding hydrogens is 180 g/mol. The Morgan fingerprint density at radius 2 is 1.93 bits per heavy atom. The number of ether oxygens (including phenoxy) is 1. The molecule has 0 amide bonds. The van der Waals surface area contributed by atoms with Crippen LogP contribution in [0.25, 0.3) is 0 Å². The van der Waals surface area contributed by atoms with E-state index >= 15 is 0 Å². The van der Waals surface area contributed by atoms with Crippen molar-refractivity contribution in [3.63, 3.8) is 0 Å². The van der Waals surface area contributed by atoms with E-state index in [1.54, 1.807) is 0 Å². The molecule has 1 heterocycles. The summed E-state index contributed by atoms with van der Waals surface area (Å²) in [6.07, 6.45) is 6.57. The first kappa shape index (κ1) is 9.97. The average Bonchev–Trinajstić information content (AvgIpc) is 2.12. The summed E-state index contributed by atoms with van der Waals surface area (Å²) < 4.78 is 5.23. The highest BCUT2D eigenvalue weighted by Crippen LogP contribution is 2.46. The molecule has 1 saturated carbocycles. The van der Waals surface area contributed by atoms with Crippen molar-refractivity contribution in [2.75, 3.05) is 13.2 Å². The van der Waals surface area contributed by atoms with Crippen LogP contribution in [-0.4, -0.2) is 24.3 Å². The highest BCUT2D eigenvalue weighted by Gasteiger charge is 2.46. The predicted octanol–water partition coefficient (Wildman–Crippen LogP) is 2.06. The SMILES string of the molecule is O=C(O)CC1(C2CCCCC2)COC1. The Labute approximate surface area is 84.4 Å². The van der Waals surface area contributed by atoms with Gasteiger partial charge in [-0.1, -0.05) is 19.3 Å². The van der Waals surface area contributed by atoms with Gasteiger partial charge in [-0.05, 0) is 18.8 Å². The summed E-state index contributed by atoms with van der Waals surface area (Å²) >= 11 is 0. The summed E-state index contributed by atoms with van der Waals surface area (Å²) in [6, 6.07) is 0. The third-order valence-corrected chi connectivity index (χ3v) is 3.75. The van der Waals surface area contributed by atoms with Crippen LogP contribution in [0.15, 0.2) is 0 Å². The van der Waals surface area contributed by atoms with Crippen LogP contribution >= 0.6 is 0 Å². The number of carboxylic acids is 1. The molecule has 0 atom stereocenters. The molecule has 1 saturated heterocycles. The van der Waals surface area contributed by atoms with Gasteiger partial charge in [0.15, 0.2) is 0 Å². The number of aliphatic carboxylic acids is 1. The first-order valence-electron chi connectivity index (χ1n) is 5.52. The lowest BCUT2D eigenvalue weighted by molar-refractivity contribution is -0.174. The summed E-state index contributed by atoms with van der Waals surface area (Å²) in [6.45, 7) is 1.34. The highest BCUT2D eigenvalue weighted by molar-refractivity contribution is 5.68. The van der Waals surface area contributed by atoms with Crippen LogP contribution in [-0.2, 0) is 9.53 Å². The largest absolute Gasteiger partial charge is 0.481 e. The van der Waals surface area contributed by atoms with Crippen molar-refractivity contribution in [3.05, 3.63) is 0 Å². The van der Waals surface area contributed by atoms with Crippen molar-refractivity contribution < 1.29 is 14.6 Å². The zero-order valence-corrected chi connectivity index (χ0v) is 8.50. The maximum absolute atomic E-state index is 10.8. The molecule has 1 aliphatic carbocycles. The summed E-state index contributed by atoms with van der Waals surface area (Å²) in [5, 5.41) is 8.89. The Hall–Kier alpha value is -0.570. The molecular formula is C11H18O3. The molecule has 0 radical (unpaired) electrons. The molecule has 0 aromatic rings. The number of carboxylic acid groups (broad SMARTS) is 1. The topological polar surface area (TPSA) is 46.5 Å². The number of hydrogen-bond donors (Lipinski definition) is 1. The lowest BCUT2D eigenvalue weighted by Crippen LogP contribution is -2.50.